The molecule has 4 heavy (non-hydrogen) atoms. The summed E-state index contributed by atoms with van der Waals surface area (Å²) in [5.74, 6) is 0. The Bertz CT molecular complexity index is 2.00. The van der Waals surface area contributed by atoms with Gasteiger partial charge in [0.2, 0.25) is 0 Å². The molecule has 0 saturated carbocycles. The Balaban J connectivity index is 1.97. The molecule has 0 unspecified atom stereocenters. The van der Waals surface area contributed by atoms with Gasteiger partial charge in [-0.3, -0.25) is 0 Å². The lowest BCUT2D eigenvalue weighted by molar-refractivity contribution is 4.14. The summed E-state index contributed by atoms with van der Waals surface area (Å²) in [4.78, 5) is 0. The van der Waals surface area contributed by atoms with Gasteiger partial charge in [-0.1, -0.05) is 0 Å². The van der Waals surface area contributed by atoms with Crippen molar-refractivity contribution in [1.82, 2.24) is 0 Å². The van der Waals surface area contributed by atoms with Gasteiger partial charge in [-0.15, -0.1) is 0 Å². The zero-order valence-corrected chi connectivity index (χ0v) is 9.36. The van der Waals surface area contributed by atoms with Gasteiger partial charge in [-0.2, -0.15) is 0 Å². The molecular weight excluding hydrogens is 112 g/mol. The SMILES string of the molecule is [SiH2][SiH2][SiH2][SiH3]. The van der Waals surface area contributed by atoms with Gasteiger partial charge >= 0.3 is 0 Å². The standard InChI is InChI=1S/H9Si4/c1-3-4-2/h1,3-4H2,2H3. The lowest BCUT2D eigenvalue weighted by atomic mass is 26.5. The van der Waals surface area contributed by atoms with Crippen LogP contribution in [0.25, 0.3) is 0 Å². The second-order valence-corrected chi connectivity index (χ2v) is 23.0. The fourth-order valence-electron chi connectivity index (χ4n) is 0. The predicted molar refractivity (Wildman–Crippen MR) is 35.6 cm³/mol. The molecule has 25 valence electrons. The monoisotopic (exact) mass is 121 g/mol. The van der Waals surface area contributed by atoms with Crippen molar-refractivity contribution in [3.63, 3.8) is 0 Å². The molecule has 1 radical (unpaired) electrons. The van der Waals surface area contributed by atoms with Crippen molar-refractivity contribution in [1.29, 1.82) is 0 Å². The fourth-order valence-corrected chi connectivity index (χ4v) is 0. The van der Waals surface area contributed by atoms with Crippen molar-refractivity contribution in [2.45, 2.75) is 0 Å². The van der Waals surface area contributed by atoms with Crippen LogP contribution in [0.2, 0.25) is 0 Å². The maximum Gasteiger partial charge on any atom is -0.00934 e. The maximum atomic E-state index is 2.26. The van der Waals surface area contributed by atoms with Gasteiger partial charge in [0, 0.05) is 0 Å². The normalized spacial score (nSPS) is 14.2. The summed E-state index contributed by atoms with van der Waals surface area (Å²) in [6, 6.07) is 0. The van der Waals surface area contributed by atoms with Gasteiger partial charge < -0.3 is 0 Å². The summed E-state index contributed by atoms with van der Waals surface area (Å²) in [6.07, 6.45) is 0. The Morgan fingerprint density at radius 2 is 2.00 bits per heavy atom. The van der Waals surface area contributed by atoms with Crippen LogP contribution in [-0.2, 0) is 0 Å². The van der Waals surface area contributed by atoms with Crippen LogP contribution in [0.3, 0.4) is 0 Å². The minimum Gasteiger partial charge on any atom is -0.0120 e. The van der Waals surface area contributed by atoms with E-state index in [0.717, 1.165) is 0 Å². The van der Waals surface area contributed by atoms with Gasteiger partial charge in [-0.05, 0) is 36.6 Å². The van der Waals surface area contributed by atoms with Crippen LogP contribution in [0.1, 0.15) is 0 Å². The topological polar surface area (TPSA) is 0 Å². The van der Waals surface area contributed by atoms with E-state index < -0.39 is 0 Å². The van der Waals surface area contributed by atoms with Gasteiger partial charge in [0.1, 0.15) is 0 Å². The quantitative estimate of drug-likeness (QED) is 0.311. The Morgan fingerprint density at radius 1 is 1.75 bits per heavy atom. The second kappa shape index (κ2) is 3.87. The highest BCUT2D eigenvalue weighted by Gasteiger charge is 1.61. The Morgan fingerprint density at radius 3 is 2.00 bits per heavy atom. The van der Waals surface area contributed by atoms with Gasteiger partial charge in [-0.25, -0.2) is 0 Å². The molecule has 0 atom stereocenters. The molecule has 0 nitrogen and oxygen atoms in total. The van der Waals surface area contributed by atoms with E-state index in [9.17, 15) is 0 Å². The molecule has 0 amide bonds. The third kappa shape index (κ3) is 2.87. The number of rotatable bonds is 1. The molecule has 0 rings (SSSR count). The van der Waals surface area contributed by atoms with Gasteiger partial charge in [0.05, 0.1) is 0 Å². The van der Waals surface area contributed by atoms with E-state index in [1.54, 1.807) is 9.76 Å². The Labute approximate surface area is 37.2 Å². The van der Waals surface area contributed by atoms with E-state index in [1.807, 2.05) is 0 Å². The molecule has 0 saturated heterocycles. The van der Waals surface area contributed by atoms with Crippen LogP contribution >= 0.6 is 0 Å². The predicted octanol–water partition coefficient (Wildman–Crippen LogP) is -3.93. The first-order valence-corrected chi connectivity index (χ1v) is 15.4. The Hall–Kier alpha value is 0.868. The van der Waals surface area contributed by atoms with Crippen molar-refractivity contribution in [2.75, 3.05) is 0 Å². The molecule has 0 aliphatic carbocycles. The molecule has 0 heterocycles. The van der Waals surface area contributed by atoms with Gasteiger partial charge in [0.25, 0.3) is 0 Å². The second-order valence-electron chi connectivity index (χ2n) is 0.854. The minimum atomic E-state index is 0.653. The van der Waals surface area contributed by atoms with E-state index in [4.69, 9.17) is 0 Å². The van der Waals surface area contributed by atoms with Crippen molar-refractivity contribution < 1.29 is 0 Å². The summed E-state index contributed by atoms with van der Waals surface area (Å²) in [5, 5.41) is 0. The minimum absolute atomic E-state index is 0.653. The zero-order valence-electron chi connectivity index (χ0n) is 3.12. The van der Waals surface area contributed by atoms with Crippen LogP contribution in [0, 0.1) is 0 Å². The molecule has 0 spiro atoms. The highest BCUT2D eigenvalue weighted by atomic mass is 29.7. The van der Waals surface area contributed by atoms with E-state index in [1.165, 1.54) is 0 Å². The number of hydrogen-bond donors (Lipinski definition) is 0. The van der Waals surface area contributed by atoms with Crippen LogP contribution < -0.4 is 0 Å². The van der Waals surface area contributed by atoms with Crippen molar-refractivity contribution >= 4 is 36.6 Å². The van der Waals surface area contributed by atoms with E-state index >= 15 is 0 Å². The largest absolute Gasteiger partial charge is 0.0120 e. The van der Waals surface area contributed by atoms with E-state index in [2.05, 4.69) is 9.76 Å². The van der Waals surface area contributed by atoms with E-state index in [0.29, 0.717) is 17.1 Å². The first-order valence-electron chi connectivity index (χ1n) is 1.71. The summed E-state index contributed by atoms with van der Waals surface area (Å²) in [6.45, 7) is 0. The average Bonchev–Trinajstić information content (AvgIpc) is 1.37. The molecule has 4 heteroatoms. The van der Waals surface area contributed by atoms with E-state index in [-0.39, 0.29) is 0 Å². The maximum absolute atomic E-state index is 2.26. The first-order chi connectivity index (χ1) is 1.91. The van der Waals surface area contributed by atoms with Crippen LogP contribution in [0.4, 0.5) is 0 Å². The average molecular weight is 121 g/mol. The summed E-state index contributed by atoms with van der Waals surface area (Å²) < 4.78 is 0. The molecule has 0 N–H and O–H groups in total. The fraction of sp³-hybridized carbons (Fsp3) is 0. The molecule has 0 aliphatic heterocycles. The first kappa shape index (κ1) is 4.87. The Kier molecular flexibility index (Phi) is 4.71. The van der Waals surface area contributed by atoms with Crippen LogP contribution in [0.5, 0.6) is 0 Å². The smallest absolute Gasteiger partial charge is 0.00934 e. The molecular formula is H9Si4. The summed E-state index contributed by atoms with van der Waals surface area (Å²) in [7, 11) is 5.22. The molecule has 0 aliphatic rings. The zero-order chi connectivity index (χ0) is 3.41. The molecule has 0 aromatic heterocycles. The highest BCUT2D eigenvalue weighted by Crippen LogP contribution is 1.24. The summed E-state index contributed by atoms with van der Waals surface area (Å²) in [5.41, 5.74) is 0. The van der Waals surface area contributed by atoms with Crippen molar-refractivity contribution in [3.8, 4) is 0 Å². The molecule has 0 aromatic carbocycles. The van der Waals surface area contributed by atoms with Crippen LogP contribution in [-0.4, -0.2) is 36.6 Å². The third-order valence-electron chi connectivity index (χ3n) is 0.354. The third-order valence-corrected chi connectivity index (χ3v) is 28.6. The highest BCUT2D eigenvalue weighted by molar-refractivity contribution is 7.37. The lowest BCUT2D eigenvalue weighted by Crippen LogP contribution is -2.00. The molecule has 0 aromatic rings. The molecule has 0 bridgehead atoms. The summed E-state index contributed by atoms with van der Waals surface area (Å²) >= 11 is 0. The lowest BCUT2D eigenvalue weighted by Gasteiger charge is -1.63. The number of hydrogen-bond acceptors (Lipinski definition) is 0. The molecule has 0 fully saturated rings. The van der Waals surface area contributed by atoms with Crippen molar-refractivity contribution in [3.05, 3.63) is 0 Å². The van der Waals surface area contributed by atoms with Crippen LogP contribution in [0.15, 0.2) is 0 Å². The van der Waals surface area contributed by atoms with Crippen molar-refractivity contribution in [2.24, 2.45) is 0 Å². The van der Waals surface area contributed by atoms with Gasteiger partial charge in [0.15, 0.2) is 0 Å².